The summed E-state index contributed by atoms with van der Waals surface area (Å²) in [5.74, 6) is 0. The van der Waals surface area contributed by atoms with Crippen LogP contribution in [0.15, 0.2) is 53.0 Å². The van der Waals surface area contributed by atoms with E-state index in [-0.39, 0.29) is 0 Å². The zero-order valence-electron chi connectivity index (χ0n) is 7.37. The summed E-state index contributed by atoms with van der Waals surface area (Å²) in [5.41, 5.74) is 2.55. The van der Waals surface area contributed by atoms with Gasteiger partial charge in [-0.15, -0.1) is 0 Å². The van der Waals surface area contributed by atoms with Crippen molar-refractivity contribution in [3.05, 3.63) is 56.6 Å². The van der Waals surface area contributed by atoms with Gasteiger partial charge in [-0.3, -0.25) is 0 Å². The van der Waals surface area contributed by atoms with E-state index < -0.39 is 0 Å². The molecule has 0 saturated carbocycles. The minimum absolute atomic E-state index is 1.13. The van der Waals surface area contributed by atoms with Crippen LogP contribution in [0.4, 0.5) is 0 Å². The van der Waals surface area contributed by atoms with E-state index in [2.05, 4.69) is 81.0 Å². The van der Waals surface area contributed by atoms with Gasteiger partial charge in [-0.25, -0.2) is 0 Å². The van der Waals surface area contributed by atoms with Gasteiger partial charge in [-0.2, -0.15) is 0 Å². The molecule has 0 N–H and O–H groups in total. The molecule has 0 spiro atoms. The minimum Gasteiger partial charge on any atom is -0.0622 e. The van der Waals surface area contributed by atoms with Gasteiger partial charge in [0.15, 0.2) is 0 Å². The summed E-state index contributed by atoms with van der Waals surface area (Å²) in [7, 11) is 0. The first-order valence-corrected chi connectivity index (χ1v) is 6.15. The Hall–Kier alpha value is -0.350. The molecule has 2 aromatic rings. The van der Waals surface area contributed by atoms with Gasteiger partial charge in [0.05, 0.1) is 0 Å². The van der Waals surface area contributed by atoms with Gasteiger partial charge in [0, 0.05) is 8.04 Å². The third kappa shape index (κ3) is 2.17. The highest BCUT2D eigenvalue weighted by atomic mass is 127. The summed E-state index contributed by atoms with van der Waals surface area (Å²) in [6, 6.07) is 16.8. The van der Waals surface area contributed by atoms with Gasteiger partial charge in [-0.1, -0.05) is 52.3 Å². The van der Waals surface area contributed by atoms with Crippen molar-refractivity contribution in [2.24, 2.45) is 0 Å². The third-order valence-corrected chi connectivity index (χ3v) is 3.40. The molecule has 2 heteroatoms. The van der Waals surface area contributed by atoms with E-state index >= 15 is 0 Å². The lowest BCUT2D eigenvalue weighted by molar-refractivity contribution is 1.55. The minimum atomic E-state index is 1.13. The maximum absolute atomic E-state index is 3.46. The monoisotopic (exact) mass is 358 g/mol. The summed E-state index contributed by atoms with van der Waals surface area (Å²) in [5, 5.41) is 0. The van der Waals surface area contributed by atoms with Crippen LogP contribution in [0.25, 0.3) is 11.1 Å². The molecule has 0 radical (unpaired) electrons. The topological polar surface area (TPSA) is 0 Å². The second kappa shape index (κ2) is 4.45. The maximum atomic E-state index is 3.46. The predicted octanol–water partition coefficient (Wildman–Crippen LogP) is 4.72. The van der Waals surface area contributed by atoms with Crippen molar-refractivity contribution in [3.8, 4) is 11.1 Å². The van der Waals surface area contributed by atoms with E-state index in [1.54, 1.807) is 0 Å². The normalized spacial score (nSPS) is 10.1. The van der Waals surface area contributed by atoms with Crippen LogP contribution < -0.4 is 0 Å². The Bertz CT molecular complexity index is 437. The van der Waals surface area contributed by atoms with Gasteiger partial charge in [0.1, 0.15) is 0 Å². The van der Waals surface area contributed by atoms with Gasteiger partial charge in [0.2, 0.25) is 0 Å². The van der Waals surface area contributed by atoms with Gasteiger partial charge in [0.25, 0.3) is 0 Å². The van der Waals surface area contributed by atoms with E-state index in [0.717, 1.165) is 4.47 Å². The van der Waals surface area contributed by atoms with Crippen LogP contribution in [0.2, 0.25) is 0 Å². The lowest BCUT2D eigenvalue weighted by atomic mass is 10.1. The average molecular weight is 359 g/mol. The fourth-order valence-corrected chi connectivity index (χ4v) is 2.96. The van der Waals surface area contributed by atoms with Crippen LogP contribution in [0.5, 0.6) is 0 Å². The highest BCUT2D eigenvalue weighted by Crippen LogP contribution is 2.27. The molecular formula is C12H8BrI. The summed E-state index contributed by atoms with van der Waals surface area (Å²) in [6.07, 6.45) is 0. The van der Waals surface area contributed by atoms with Crippen molar-refractivity contribution in [1.82, 2.24) is 0 Å². The molecule has 2 aromatic carbocycles. The molecule has 0 aliphatic rings. The quantitative estimate of drug-likeness (QED) is 0.647. The number of rotatable bonds is 1. The highest BCUT2D eigenvalue weighted by Gasteiger charge is 2.01. The van der Waals surface area contributed by atoms with Crippen molar-refractivity contribution >= 4 is 38.5 Å². The van der Waals surface area contributed by atoms with E-state index in [1.165, 1.54) is 14.7 Å². The van der Waals surface area contributed by atoms with Crippen LogP contribution in [-0.2, 0) is 0 Å². The van der Waals surface area contributed by atoms with Crippen LogP contribution in [-0.4, -0.2) is 0 Å². The molecule has 70 valence electrons. The van der Waals surface area contributed by atoms with Gasteiger partial charge >= 0.3 is 0 Å². The first-order chi connectivity index (χ1) is 6.77. The molecule has 0 amide bonds. The zero-order valence-corrected chi connectivity index (χ0v) is 11.1. The number of hydrogen-bond acceptors (Lipinski definition) is 0. The molecule has 0 atom stereocenters. The Morgan fingerprint density at radius 3 is 2.29 bits per heavy atom. The molecule has 0 aliphatic heterocycles. The van der Waals surface area contributed by atoms with Crippen molar-refractivity contribution in [2.75, 3.05) is 0 Å². The molecule has 0 fully saturated rings. The van der Waals surface area contributed by atoms with Crippen LogP contribution in [0.3, 0.4) is 0 Å². The number of halogens is 2. The van der Waals surface area contributed by atoms with Gasteiger partial charge in [-0.05, 0) is 45.9 Å². The van der Waals surface area contributed by atoms with E-state index in [9.17, 15) is 0 Å². The second-order valence-electron chi connectivity index (χ2n) is 2.99. The van der Waals surface area contributed by atoms with Crippen molar-refractivity contribution in [3.63, 3.8) is 0 Å². The third-order valence-electron chi connectivity index (χ3n) is 2.02. The smallest absolute Gasteiger partial charge is 0.0220 e. The fraction of sp³-hybridized carbons (Fsp3) is 0. The number of benzene rings is 2. The second-order valence-corrected chi connectivity index (χ2v) is 5.07. The van der Waals surface area contributed by atoms with Crippen LogP contribution >= 0.6 is 38.5 Å². The van der Waals surface area contributed by atoms with Crippen LogP contribution in [0, 0.1) is 3.57 Å². The van der Waals surface area contributed by atoms with Crippen molar-refractivity contribution < 1.29 is 0 Å². The first-order valence-electron chi connectivity index (χ1n) is 4.28. The lowest BCUT2D eigenvalue weighted by Gasteiger charge is -2.04. The molecule has 0 aliphatic carbocycles. The van der Waals surface area contributed by atoms with E-state index in [0.29, 0.717) is 0 Å². The average Bonchev–Trinajstić information content (AvgIpc) is 2.19. The lowest BCUT2D eigenvalue weighted by Crippen LogP contribution is -1.81. The Kier molecular flexibility index (Phi) is 3.23. The van der Waals surface area contributed by atoms with E-state index in [4.69, 9.17) is 0 Å². The molecule has 0 nitrogen and oxygen atoms in total. The van der Waals surface area contributed by atoms with Crippen molar-refractivity contribution in [2.45, 2.75) is 0 Å². The van der Waals surface area contributed by atoms with Crippen molar-refractivity contribution in [1.29, 1.82) is 0 Å². The summed E-state index contributed by atoms with van der Waals surface area (Å²) < 4.78 is 2.39. The molecule has 0 bridgehead atoms. The molecule has 2 rings (SSSR count). The molecule has 14 heavy (non-hydrogen) atoms. The number of hydrogen-bond donors (Lipinski definition) is 0. The Morgan fingerprint density at radius 2 is 1.64 bits per heavy atom. The van der Waals surface area contributed by atoms with E-state index in [1.807, 2.05) is 6.07 Å². The van der Waals surface area contributed by atoms with Crippen LogP contribution in [0.1, 0.15) is 0 Å². The summed E-state index contributed by atoms with van der Waals surface area (Å²) in [6.45, 7) is 0. The Morgan fingerprint density at radius 1 is 0.929 bits per heavy atom. The maximum Gasteiger partial charge on any atom is 0.0220 e. The fourth-order valence-electron chi connectivity index (χ4n) is 1.34. The first kappa shape index (κ1) is 10.2. The SMILES string of the molecule is Brc1ccc(-c2ccccc2)c(I)c1. The predicted molar refractivity (Wildman–Crippen MR) is 72.3 cm³/mol. The zero-order chi connectivity index (χ0) is 9.97. The summed E-state index contributed by atoms with van der Waals surface area (Å²) in [4.78, 5) is 0. The largest absolute Gasteiger partial charge is 0.0622 e. The highest BCUT2D eigenvalue weighted by molar-refractivity contribution is 14.1. The summed E-state index contributed by atoms with van der Waals surface area (Å²) >= 11 is 5.82. The Balaban J connectivity index is 2.53. The standard InChI is InChI=1S/C12H8BrI/c13-10-6-7-11(12(14)8-10)9-4-2-1-3-5-9/h1-8H. The molecular weight excluding hydrogens is 351 g/mol. The van der Waals surface area contributed by atoms with Gasteiger partial charge < -0.3 is 0 Å². The molecule has 0 heterocycles. The Labute approximate surface area is 106 Å². The molecule has 0 aromatic heterocycles. The molecule has 0 unspecified atom stereocenters. The molecule has 0 saturated heterocycles.